The molecule has 1 amide bonds. The van der Waals surface area contributed by atoms with E-state index in [2.05, 4.69) is 10.4 Å². The van der Waals surface area contributed by atoms with Gasteiger partial charge in [0.15, 0.2) is 0 Å². The van der Waals surface area contributed by atoms with Gasteiger partial charge in [0.05, 0.1) is 25.0 Å². The summed E-state index contributed by atoms with van der Waals surface area (Å²) in [6, 6.07) is 6.61. The van der Waals surface area contributed by atoms with Gasteiger partial charge in [-0.15, -0.1) is 0 Å². The third-order valence-electron chi connectivity index (χ3n) is 3.90. The van der Waals surface area contributed by atoms with Crippen LogP contribution in [0, 0.1) is 0 Å². The molecule has 0 bridgehead atoms. The van der Waals surface area contributed by atoms with Crippen LogP contribution in [0.5, 0.6) is 5.88 Å². The van der Waals surface area contributed by atoms with Crippen LogP contribution in [0.3, 0.4) is 0 Å². The number of anilines is 1. The lowest BCUT2D eigenvalue weighted by Crippen LogP contribution is -2.18. The number of benzene rings is 1. The molecule has 1 N–H and O–H groups in total. The van der Waals surface area contributed by atoms with Gasteiger partial charge in [-0.3, -0.25) is 4.79 Å². The average molecular weight is 343 g/mol. The Morgan fingerprint density at radius 3 is 2.88 bits per heavy atom. The molecular formula is C18H21N3O4. The summed E-state index contributed by atoms with van der Waals surface area (Å²) in [4.78, 5) is 24.3. The first kappa shape index (κ1) is 17.0. The largest absolute Gasteiger partial charge is 0.477 e. The fourth-order valence-electron chi connectivity index (χ4n) is 2.51. The van der Waals surface area contributed by atoms with Crippen molar-refractivity contribution in [1.82, 2.24) is 9.78 Å². The van der Waals surface area contributed by atoms with Gasteiger partial charge in [0, 0.05) is 18.7 Å². The lowest BCUT2D eigenvalue weighted by Gasteiger charge is -2.15. The number of nitrogens with zero attached hydrogens (tertiary/aromatic N) is 2. The highest BCUT2D eigenvalue weighted by atomic mass is 16.5. The Labute approximate surface area is 145 Å². The van der Waals surface area contributed by atoms with Crippen LogP contribution in [0.25, 0.3) is 0 Å². The molecule has 7 nitrogen and oxygen atoms in total. The van der Waals surface area contributed by atoms with Crippen LogP contribution >= 0.6 is 0 Å². The second kappa shape index (κ2) is 7.83. The number of rotatable bonds is 6. The molecule has 0 spiro atoms. The Morgan fingerprint density at radius 1 is 1.32 bits per heavy atom. The van der Waals surface area contributed by atoms with Crippen molar-refractivity contribution in [3.8, 4) is 5.88 Å². The molecule has 25 heavy (non-hydrogen) atoms. The number of amides is 1. The van der Waals surface area contributed by atoms with Crippen molar-refractivity contribution in [3.05, 3.63) is 41.6 Å². The smallest absolute Gasteiger partial charge is 0.338 e. The van der Waals surface area contributed by atoms with Crippen LogP contribution in [0.1, 0.15) is 46.9 Å². The standard InChI is InChI=1S/C18H21N3O4/c1-2-3-10-25-18(23)13-5-7-14(8-6-13)20-16(22)15-12-19-21-9-4-11-24-17(15)21/h5-8,12H,2-4,9-11H2,1H3,(H,20,22). The summed E-state index contributed by atoms with van der Waals surface area (Å²) in [6.07, 6.45) is 4.21. The van der Waals surface area contributed by atoms with Crippen molar-refractivity contribution >= 4 is 17.6 Å². The number of unbranched alkanes of at least 4 members (excludes halogenated alkanes) is 1. The quantitative estimate of drug-likeness (QED) is 0.644. The Bertz CT molecular complexity index is 752. The predicted molar refractivity (Wildman–Crippen MR) is 91.9 cm³/mol. The second-order valence-corrected chi connectivity index (χ2v) is 5.81. The summed E-state index contributed by atoms with van der Waals surface area (Å²) >= 11 is 0. The zero-order valence-corrected chi connectivity index (χ0v) is 14.2. The number of aromatic nitrogens is 2. The van der Waals surface area contributed by atoms with Crippen molar-refractivity contribution < 1.29 is 19.1 Å². The first-order valence-corrected chi connectivity index (χ1v) is 8.46. The predicted octanol–water partition coefficient (Wildman–Crippen LogP) is 2.87. The molecule has 1 aliphatic heterocycles. The molecule has 2 aromatic rings. The number of aryl methyl sites for hydroxylation is 1. The maximum Gasteiger partial charge on any atom is 0.338 e. The van der Waals surface area contributed by atoms with Crippen LogP contribution in [0.4, 0.5) is 5.69 Å². The van der Waals surface area contributed by atoms with Crippen LogP contribution in [-0.4, -0.2) is 34.9 Å². The molecule has 0 atom stereocenters. The third kappa shape index (κ3) is 3.99. The SMILES string of the molecule is CCCCOC(=O)c1ccc(NC(=O)c2cnn3c2OCCC3)cc1. The van der Waals surface area contributed by atoms with Gasteiger partial charge in [0.2, 0.25) is 5.88 Å². The topological polar surface area (TPSA) is 82.5 Å². The van der Waals surface area contributed by atoms with E-state index in [0.717, 1.165) is 25.8 Å². The van der Waals surface area contributed by atoms with Gasteiger partial charge in [-0.2, -0.15) is 5.10 Å². The minimum atomic E-state index is -0.356. The molecule has 0 fully saturated rings. The van der Waals surface area contributed by atoms with E-state index in [9.17, 15) is 9.59 Å². The number of hydrogen-bond donors (Lipinski definition) is 1. The zero-order valence-electron chi connectivity index (χ0n) is 14.2. The van der Waals surface area contributed by atoms with Gasteiger partial charge >= 0.3 is 5.97 Å². The van der Waals surface area contributed by atoms with Crippen molar-refractivity contribution in [3.63, 3.8) is 0 Å². The monoisotopic (exact) mass is 343 g/mol. The lowest BCUT2D eigenvalue weighted by molar-refractivity contribution is 0.0499. The molecule has 1 aliphatic rings. The number of nitrogens with one attached hydrogen (secondary N) is 1. The molecule has 3 rings (SSSR count). The highest BCUT2D eigenvalue weighted by Gasteiger charge is 2.21. The lowest BCUT2D eigenvalue weighted by atomic mass is 10.2. The average Bonchev–Trinajstić information content (AvgIpc) is 3.06. The van der Waals surface area contributed by atoms with Crippen LogP contribution < -0.4 is 10.1 Å². The Kier molecular flexibility index (Phi) is 5.33. The number of carbonyl (C=O) groups excluding carboxylic acids is 2. The number of hydrogen-bond acceptors (Lipinski definition) is 5. The first-order valence-electron chi connectivity index (χ1n) is 8.46. The summed E-state index contributed by atoms with van der Waals surface area (Å²) in [7, 11) is 0. The minimum absolute atomic E-state index is 0.290. The molecule has 0 radical (unpaired) electrons. The van der Waals surface area contributed by atoms with Crippen LogP contribution in [0.2, 0.25) is 0 Å². The fraction of sp³-hybridized carbons (Fsp3) is 0.389. The Balaban J connectivity index is 1.62. The van der Waals surface area contributed by atoms with Crippen molar-refractivity contribution in [2.75, 3.05) is 18.5 Å². The van der Waals surface area contributed by atoms with Gasteiger partial charge in [0.1, 0.15) is 5.56 Å². The summed E-state index contributed by atoms with van der Waals surface area (Å²) < 4.78 is 12.4. The van der Waals surface area contributed by atoms with Gasteiger partial charge in [-0.25, -0.2) is 9.48 Å². The molecule has 0 saturated carbocycles. The van der Waals surface area contributed by atoms with Crippen molar-refractivity contribution in [2.45, 2.75) is 32.7 Å². The fourth-order valence-corrected chi connectivity index (χ4v) is 2.51. The third-order valence-corrected chi connectivity index (χ3v) is 3.90. The van der Waals surface area contributed by atoms with Gasteiger partial charge in [0.25, 0.3) is 5.91 Å². The van der Waals surface area contributed by atoms with Crippen LogP contribution in [-0.2, 0) is 11.3 Å². The maximum atomic E-state index is 12.4. The summed E-state index contributed by atoms with van der Waals surface area (Å²) in [5.74, 6) is -0.147. The van der Waals surface area contributed by atoms with Crippen LogP contribution in [0.15, 0.2) is 30.5 Å². The van der Waals surface area contributed by atoms with E-state index in [4.69, 9.17) is 9.47 Å². The molecule has 1 aromatic carbocycles. The van der Waals surface area contributed by atoms with Gasteiger partial charge in [-0.05, 0) is 30.7 Å². The van der Waals surface area contributed by atoms with Gasteiger partial charge in [-0.1, -0.05) is 13.3 Å². The van der Waals surface area contributed by atoms with E-state index >= 15 is 0 Å². The Morgan fingerprint density at radius 2 is 2.12 bits per heavy atom. The maximum absolute atomic E-state index is 12.4. The summed E-state index contributed by atoms with van der Waals surface area (Å²) in [6.45, 7) is 3.78. The highest BCUT2D eigenvalue weighted by Crippen LogP contribution is 2.23. The van der Waals surface area contributed by atoms with E-state index in [-0.39, 0.29) is 11.9 Å². The summed E-state index contributed by atoms with van der Waals surface area (Å²) in [5.41, 5.74) is 1.45. The number of fused-ring (bicyclic) bond motifs is 1. The molecule has 7 heteroatoms. The number of esters is 1. The molecule has 0 aliphatic carbocycles. The van der Waals surface area contributed by atoms with Gasteiger partial charge < -0.3 is 14.8 Å². The molecule has 2 heterocycles. The first-order chi connectivity index (χ1) is 12.2. The minimum Gasteiger partial charge on any atom is -0.477 e. The molecule has 132 valence electrons. The summed E-state index contributed by atoms with van der Waals surface area (Å²) in [5, 5.41) is 6.95. The van der Waals surface area contributed by atoms with Crippen molar-refractivity contribution in [2.24, 2.45) is 0 Å². The molecular weight excluding hydrogens is 322 g/mol. The number of ether oxygens (including phenoxy) is 2. The van der Waals surface area contributed by atoms with E-state index in [1.54, 1.807) is 28.9 Å². The molecule has 1 aromatic heterocycles. The molecule has 0 saturated heterocycles. The second-order valence-electron chi connectivity index (χ2n) is 5.81. The van der Waals surface area contributed by atoms with E-state index in [1.165, 1.54) is 6.20 Å². The van der Waals surface area contributed by atoms with E-state index < -0.39 is 0 Å². The van der Waals surface area contributed by atoms with E-state index in [1.807, 2.05) is 6.92 Å². The van der Waals surface area contributed by atoms with Crippen molar-refractivity contribution in [1.29, 1.82) is 0 Å². The normalized spacial score (nSPS) is 12.8. The Hall–Kier alpha value is -2.83. The number of carbonyl (C=O) groups is 2. The van der Waals surface area contributed by atoms with E-state index in [0.29, 0.717) is 35.9 Å². The highest BCUT2D eigenvalue weighted by molar-refractivity contribution is 6.06. The zero-order chi connectivity index (χ0) is 17.6. The molecule has 0 unspecified atom stereocenters.